The summed E-state index contributed by atoms with van der Waals surface area (Å²) in [6.45, 7) is 1.92. The second-order valence-corrected chi connectivity index (χ2v) is 4.93. The number of benzene rings is 1. The minimum Gasteiger partial charge on any atom is -0.357 e. The smallest absolute Gasteiger partial charge is 0.203 e. The Balaban J connectivity index is 2.63. The van der Waals surface area contributed by atoms with Gasteiger partial charge in [0, 0.05) is 5.70 Å². The fourth-order valence-electron chi connectivity index (χ4n) is 1.44. The topological polar surface area (TPSA) is 46.2 Å². The molecule has 0 spiro atoms. The predicted octanol–water partition coefficient (Wildman–Crippen LogP) is 2.14. The van der Waals surface area contributed by atoms with E-state index in [2.05, 4.69) is 5.32 Å². The highest BCUT2D eigenvalue weighted by Crippen LogP contribution is 2.29. The van der Waals surface area contributed by atoms with Crippen LogP contribution in [0.1, 0.15) is 13.3 Å². The van der Waals surface area contributed by atoms with Crippen LogP contribution < -0.4 is 5.32 Å². The van der Waals surface area contributed by atoms with Gasteiger partial charge in [0.2, 0.25) is 9.84 Å². The molecule has 0 aromatic heterocycles. The summed E-state index contributed by atoms with van der Waals surface area (Å²) < 4.78 is 23.5. The minimum absolute atomic E-state index is 0.359. The molecule has 0 aliphatic carbocycles. The van der Waals surface area contributed by atoms with Crippen LogP contribution >= 0.6 is 0 Å². The van der Waals surface area contributed by atoms with E-state index in [0.29, 0.717) is 17.0 Å². The largest absolute Gasteiger partial charge is 0.357 e. The first kappa shape index (κ1) is 9.27. The molecule has 0 amide bonds. The molecular formula is C10H11NO2S. The summed E-state index contributed by atoms with van der Waals surface area (Å²) in [7, 11) is -3.23. The maximum absolute atomic E-state index is 11.7. The van der Waals surface area contributed by atoms with Gasteiger partial charge in [0.25, 0.3) is 0 Å². The second kappa shape index (κ2) is 3.13. The zero-order valence-corrected chi connectivity index (χ0v) is 8.64. The Labute approximate surface area is 83.4 Å². The molecule has 1 aromatic carbocycles. The fraction of sp³-hybridized carbons (Fsp3) is 0.200. The van der Waals surface area contributed by atoms with Crippen molar-refractivity contribution < 1.29 is 8.42 Å². The van der Waals surface area contributed by atoms with Gasteiger partial charge in [0.1, 0.15) is 0 Å². The van der Waals surface area contributed by atoms with Crippen LogP contribution in [0.4, 0.5) is 5.69 Å². The number of anilines is 1. The molecule has 0 atom stereocenters. The van der Waals surface area contributed by atoms with E-state index in [1.807, 2.05) is 13.0 Å². The van der Waals surface area contributed by atoms with E-state index in [1.165, 1.54) is 5.41 Å². The van der Waals surface area contributed by atoms with Crippen LogP contribution in [-0.2, 0) is 9.84 Å². The van der Waals surface area contributed by atoms with Gasteiger partial charge in [-0.2, -0.15) is 0 Å². The Bertz CT molecular complexity index is 489. The molecule has 3 nitrogen and oxygen atoms in total. The molecule has 1 heterocycles. The Morgan fingerprint density at radius 2 is 2.00 bits per heavy atom. The van der Waals surface area contributed by atoms with E-state index in [0.717, 1.165) is 5.70 Å². The molecule has 0 unspecified atom stereocenters. The number of para-hydroxylation sites is 1. The average molecular weight is 209 g/mol. The zero-order valence-electron chi connectivity index (χ0n) is 7.82. The summed E-state index contributed by atoms with van der Waals surface area (Å²) >= 11 is 0. The van der Waals surface area contributed by atoms with Crippen LogP contribution in [0.5, 0.6) is 0 Å². The van der Waals surface area contributed by atoms with Gasteiger partial charge in [0.15, 0.2) is 0 Å². The maximum atomic E-state index is 11.7. The van der Waals surface area contributed by atoms with Crippen molar-refractivity contribution in [3.8, 4) is 0 Å². The van der Waals surface area contributed by atoms with Gasteiger partial charge in [0.05, 0.1) is 16.0 Å². The maximum Gasteiger partial charge on any atom is 0.203 e. The Hall–Kier alpha value is -1.29. The van der Waals surface area contributed by atoms with Crippen molar-refractivity contribution in [1.29, 1.82) is 0 Å². The van der Waals surface area contributed by atoms with E-state index >= 15 is 0 Å². The van der Waals surface area contributed by atoms with Gasteiger partial charge in [-0.05, 0) is 18.6 Å². The first-order valence-electron chi connectivity index (χ1n) is 4.45. The lowest BCUT2D eigenvalue weighted by Crippen LogP contribution is -2.12. The molecule has 0 saturated heterocycles. The van der Waals surface area contributed by atoms with Crippen molar-refractivity contribution in [1.82, 2.24) is 0 Å². The van der Waals surface area contributed by atoms with Crippen LogP contribution in [0.3, 0.4) is 0 Å². The van der Waals surface area contributed by atoms with Crippen molar-refractivity contribution in [2.75, 3.05) is 5.32 Å². The van der Waals surface area contributed by atoms with Crippen molar-refractivity contribution >= 4 is 15.5 Å². The molecule has 0 bridgehead atoms. The predicted molar refractivity (Wildman–Crippen MR) is 55.6 cm³/mol. The third-order valence-electron chi connectivity index (χ3n) is 2.17. The number of sulfone groups is 1. The van der Waals surface area contributed by atoms with E-state index in [-0.39, 0.29) is 0 Å². The van der Waals surface area contributed by atoms with Gasteiger partial charge in [-0.1, -0.05) is 19.1 Å². The highest BCUT2D eigenvalue weighted by molar-refractivity contribution is 7.94. The highest BCUT2D eigenvalue weighted by Gasteiger charge is 2.21. The summed E-state index contributed by atoms with van der Waals surface area (Å²) in [5.41, 5.74) is 1.41. The molecule has 1 aliphatic heterocycles. The van der Waals surface area contributed by atoms with Gasteiger partial charge < -0.3 is 5.32 Å². The van der Waals surface area contributed by atoms with Crippen LogP contribution in [0.25, 0.3) is 0 Å². The number of hydrogen-bond donors (Lipinski definition) is 1. The normalized spacial score (nSPS) is 17.9. The molecule has 0 radical (unpaired) electrons. The summed E-state index contributed by atoms with van der Waals surface area (Å²) in [4.78, 5) is 0.359. The Morgan fingerprint density at radius 3 is 2.71 bits per heavy atom. The van der Waals surface area contributed by atoms with Crippen LogP contribution in [0, 0.1) is 0 Å². The molecule has 1 aliphatic rings. The number of rotatable bonds is 1. The van der Waals surface area contributed by atoms with Crippen LogP contribution in [0.2, 0.25) is 0 Å². The molecule has 1 N–H and O–H groups in total. The van der Waals surface area contributed by atoms with Crippen molar-refractivity contribution in [2.24, 2.45) is 0 Å². The SMILES string of the molecule is CCC1=CS(=O)(=O)c2ccccc2N1. The summed E-state index contributed by atoms with van der Waals surface area (Å²) in [5, 5.41) is 4.39. The summed E-state index contributed by atoms with van der Waals surface area (Å²) in [5.74, 6) is 0. The number of hydrogen-bond acceptors (Lipinski definition) is 3. The summed E-state index contributed by atoms with van der Waals surface area (Å²) in [6.07, 6.45) is 0.688. The molecule has 2 rings (SSSR count). The quantitative estimate of drug-likeness (QED) is 0.770. The van der Waals surface area contributed by atoms with Gasteiger partial charge in [-0.25, -0.2) is 8.42 Å². The summed E-state index contributed by atoms with van der Waals surface area (Å²) in [6, 6.07) is 6.93. The highest BCUT2D eigenvalue weighted by atomic mass is 32.2. The lowest BCUT2D eigenvalue weighted by atomic mass is 10.3. The molecule has 14 heavy (non-hydrogen) atoms. The van der Waals surface area contributed by atoms with Crippen molar-refractivity contribution in [3.05, 3.63) is 35.4 Å². The van der Waals surface area contributed by atoms with E-state index < -0.39 is 9.84 Å². The van der Waals surface area contributed by atoms with E-state index in [1.54, 1.807) is 18.2 Å². The van der Waals surface area contributed by atoms with Crippen LogP contribution in [0.15, 0.2) is 40.3 Å². The first-order valence-corrected chi connectivity index (χ1v) is 6.00. The van der Waals surface area contributed by atoms with Crippen molar-refractivity contribution in [2.45, 2.75) is 18.2 Å². The van der Waals surface area contributed by atoms with Gasteiger partial charge in [-0.15, -0.1) is 0 Å². The lowest BCUT2D eigenvalue weighted by molar-refractivity contribution is 0.604. The fourth-order valence-corrected chi connectivity index (χ4v) is 2.86. The second-order valence-electron chi connectivity index (χ2n) is 3.16. The molecule has 74 valence electrons. The van der Waals surface area contributed by atoms with Crippen LogP contribution in [-0.4, -0.2) is 8.42 Å². The Morgan fingerprint density at radius 1 is 1.29 bits per heavy atom. The molecule has 0 fully saturated rings. The zero-order chi connectivity index (χ0) is 10.2. The molecule has 4 heteroatoms. The monoisotopic (exact) mass is 209 g/mol. The number of fused-ring (bicyclic) bond motifs is 1. The standard InChI is InChI=1S/C10H11NO2S/c1-2-8-7-14(12,13)10-6-4-3-5-9(10)11-8/h3-7,11H,2H2,1H3. The minimum atomic E-state index is -3.23. The lowest BCUT2D eigenvalue weighted by Gasteiger charge is -2.17. The molecular weight excluding hydrogens is 198 g/mol. The molecule has 0 saturated carbocycles. The number of nitrogens with one attached hydrogen (secondary N) is 1. The molecule has 1 aromatic rings. The average Bonchev–Trinajstić information content (AvgIpc) is 2.17. The van der Waals surface area contributed by atoms with Gasteiger partial charge in [-0.3, -0.25) is 0 Å². The van der Waals surface area contributed by atoms with E-state index in [4.69, 9.17) is 0 Å². The Kier molecular flexibility index (Phi) is 2.07. The third kappa shape index (κ3) is 1.42. The van der Waals surface area contributed by atoms with Crippen molar-refractivity contribution in [3.63, 3.8) is 0 Å². The van der Waals surface area contributed by atoms with Gasteiger partial charge >= 0.3 is 0 Å². The first-order chi connectivity index (χ1) is 6.63. The van der Waals surface area contributed by atoms with E-state index in [9.17, 15) is 8.42 Å². The number of allylic oxidation sites excluding steroid dienone is 1. The third-order valence-corrected chi connectivity index (χ3v) is 3.73.